The highest BCUT2D eigenvalue weighted by Crippen LogP contribution is 2.18. The molecule has 2 aromatic rings. The van der Waals surface area contributed by atoms with E-state index in [1.165, 1.54) is 22.3 Å². The third kappa shape index (κ3) is 6.09. The molecule has 5 nitrogen and oxygen atoms in total. The number of aliphatic imine (C=N–C) groups is 1. The van der Waals surface area contributed by atoms with Crippen LogP contribution in [0.2, 0.25) is 0 Å². The van der Waals surface area contributed by atoms with Gasteiger partial charge in [-0.25, -0.2) is 4.99 Å². The van der Waals surface area contributed by atoms with Crippen LogP contribution in [0.15, 0.2) is 53.5 Å². The van der Waals surface area contributed by atoms with Crippen LogP contribution in [0.5, 0.6) is 0 Å². The molecule has 0 bridgehead atoms. The van der Waals surface area contributed by atoms with Gasteiger partial charge in [0.1, 0.15) is 0 Å². The molecule has 160 valence electrons. The highest BCUT2D eigenvalue weighted by molar-refractivity contribution is 5.80. The molecule has 2 N–H and O–H groups in total. The summed E-state index contributed by atoms with van der Waals surface area (Å²) in [6, 6.07) is 17.0. The van der Waals surface area contributed by atoms with E-state index in [0.717, 1.165) is 32.0 Å². The zero-order chi connectivity index (χ0) is 21.3. The number of hydrogen-bond donors (Lipinski definition) is 2. The van der Waals surface area contributed by atoms with Gasteiger partial charge in [-0.15, -0.1) is 0 Å². The van der Waals surface area contributed by atoms with Gasteiger partial charge in [-0.05, 0) is 42.9 Å². The van der Waals surface area contributed by atoms with Crippen LogP contribution in [-0.4, -0.2) is 36.4 Å². The first kappa shape index (κ1) is 21.9. The van der Waals surface area contributed by atoms with Crippen molar-refractivity contribution in [1.29, 1.82) is 0 Å². The molecule has 0 aliphatic carbocycles. The largest absolute Gasteiger partial charge is 0.357 e. The number of nitrogens with one attached hydrogen (secondary N) is 2. The van der Waals surface area contributed by atoms with Gasteiger partial charge in [-0.1, -0.05) is 61.0 Å². The summed E-state index contributed by atoms with van der Waals surface area (Å²) in [6.45, 7) is 10.2. The maximum Gasteiger partial charge on any atom is 0.222 e. The van der Waals surface area contributed by atoms with Gasteiger partial charge in [0.05, 0.1) is 6.54 Å². The van der Waals surface area contributed by atoms with Crippen molar-refractivity contribution in [3.05, 3.63) is 70.8 Å². The van der Waals surface area contributed by atoms with Crippen LogP contribution < -0.4 is 10.6 Å². The lowest BCUT2D eigenvalue weighted by atomic mass is 10.0. The highest BCUT2D eigenvalue weighted by Gasteiger charge is 2.20. The van der Waals surface area contributed by atoms with E-state index >= 15 is 0 Å². The second-order valence-electron chi connectivity index (χ2n) is 8.08. The minimum atomic E-state index is 0.258. The summed E-state index contributed by atoms with van der Waals surface area (Å²) in [7, 11) is 0. The zero-order valence-corrected chi connectivity index (χ0v) is 18.4. The van der Waals surface area contributed by atoms with Crippen molar-refractivity contribution in [1.82, 2.24) is 15.5 Å². The monoisotopic (exact) mass is 406 g/mol. The number of rotatable bonds is 8. The van der Waals surface area contributed by atoms with Crippen molar-refractivity contribution in [2.45, 2.75) is 52.6 Å². The van der Waals surface area contributed by atoms with Crippen LogP contribution in [0.4, 0.5) is 0 Å². The van der Waals surface area contributed by atoms with E-state index in [1.807, 2.05) is 17.0 Å². The van der Waals surface area contributed by atoms with Crippen LogP contribution in [0, 0.1) is 6.92 Å². The lowest BCUT2D eigenvalue weighted by molar-refractivity contribution is -0.128. The molecular formula is C25H34N4O. The Kier molecular flexibility index (Phi) is 7.89. The average Bonchev–Trinajstić information content (AvgIpc) is 3.15. The van der Waals surface area contributed by atoms with Crippen LogP contribution in [0.25, 0.3) is 0 Å². The van der Waals surface area contributed by atoms with E-state index in [0.29, 0.717) is 25.4 Å². The molecule has 1 saturated heterocycles. The fourth-order valence-electron chi connectivity index (χ4n) is 3.71. The molecule has 0 saturated carbocycles. The number of guanidine groups is 1. The Hall–Kier alpha value is -2.82. The predicted molar refractivity (Wildman–Crippen MR) is 124 cm³/mol. The van der Waals surface area contributed by atoms with Crippen molar-refractivity contribution in [3.8, 4) is 0 Å². The van der Waals surface area contributed by atoms with Crippen molar-refractivity contribution >= 4 is 11.9 Å². The normalized spacial score (nSPS) is 15.4. The number of nitrogens with zero attached hydrogens (tertiary/aromatic N) is 2. The van der Waals surface area contributed by atoms with Gasteiger partial charge in [-0.3, -0.25) is 4.79 Å². The quantitative estimate of drug-likeness (QED) is 0.515. The summed E-state index contributed by atoms with van der Waals surface area (Å²) < 4.78 is 0. The molecule has 30 heavy (non-hydrogen) atoms. The molecule has 1 atom stereocenters. The first-order valence-corrected chi connectivity index (χ1v) is 11.0. The van der Waals surface area contributed by atoms with Gasteiger partial charge < -0.3 is 15.5 Å². The maximum atomic E-state index is 12.0. The van der Waals surface area contributed by atoms with E-state index in [4.69, 9.17) is 4.99 Å². The number of carbonyl (C=O) groups is 1. The van der Waals surface area contributed by atoms with Gasteiger partial charge in [0.2, 0.25) is 5.91 Å². The molecule has 2 aromatic carbocycles. The molecule has 3 rings (SSSR count). The number of likely N-dealkylation sites (tertiary alicyclic amines) is 1. The molecule has 5 heteroatoms. The molecule has 1 aliphatic rings. The third-order valence-corrected chi connectivity index (χ3v) is 5.62. The standard InChI is InChI=1S/C25H34N4O/c1-4-26-25(27-16-20(3)21-13-11-19(2)12-14-21)28-17-22-8-5-6-9-23(22)18-29-15-7-10-24(29)30/h5-6,8-9,11-14,20H,4,7,10,15-18H2,1-3H3,(H2,26,27,28). The van der Waals surface area contributed by atoms with Crippen LogP contribution in [-0.2, 0) is 17.9 Å². The Bertz CT molecular complexity index is 860. The fraction of sp³-hybridized carbons (Fsp3) is 0.440. The van der Waals surface area contributed by atoms with E-state index in [1.54, 1.807) is 0 Å². The van der Waals surface area contributed by atoms with Crippen LogP contribution in [0.1, 0.15) is 54.9 Å². The minimum absolute atomic E-state index is 0.258. The molecule has 1 aliphatic heterocycles. The molecular weight excluding hydrogens is 372 g/mol. The average molecular weight is 407 g/mol. The second-order valence-corrected chi connectivity index (χ2v) is 8.08. The molecule has 0 spiro atoms. The number of benzene rings is 2. The first-order valence-electron chi connectivity index (χ1n) is 11.0. The van der Waals surface area contributed by atoms with Crippen molar-refractivity contribution in [2.75, 3.05) is 19.6 Å². The molecule has 0 radical (unpaired) electrons. The van der Waals surface area contributed by atoms with E-state index in [-0.39, 0.29) is 5.91 Å². The van der Waals surface area contributed by atoms with Gasteiger partial charge in [-0.2, -0.15) is 0 Å². The molecule has 0 aromatic heterocycles. The molecule has 1 fully saturated rings. The van der Waals surface area contributed by atoms with E-state index < -0.39 is 0 Å². The van der Waals surface area contributed by atoms with Crippen molar-refractivity contribution in [2.24, 2.45) is 4.99 Å². The van der Waals surface area contributed by atoms with E-state index in [2.05, 4.69) is 67.8 Å². The summed E-state index contributed by atoms with van der Waals surface area (Å²) in [5.41, 5.74) is 4.95. The second kappa shape index (κ2) is 10.8. The Morgan fingerprint density at radius 3 is 2.50 bits per heavy atom. The Balaban J connectivity index is 1.63. The summed E-state index contributed by atoms with van der Waals surface area (Å²) >= 11 is 0. The number of amides is 1. The van der Waals surface area contributed by atoms with Gasteiger partial charge in [0.15, 0.2) is 5.96 Å². The molecule has 1 unspecified atom stereocenters. The summed E-state index contributed by atoms with van der Waals surface area (Å²) in [4.78, 5) is 18.8. The van der Waals surface area contributed by atoms with Crippen LogP contribution >= 0.6 is 0 Å². The van der Waals surface area contributed by atoms with Gasteiger partial charge in [0, 0.05) is 32.6 Å². The minimum Gasteiger partial charge on any atom is -0.357 e. The summed E-state index contributed by atoms with van der Waals surface area (Å²) in [5, 5.41) is 6.82. The SMILES string of the molecule is CCNC(=NCc1ccccc1CN1CCCC1=O)NCC(C)c1ccc(C)cc1. The van der Waals surface area contributed by atoms with Crippen LogP contribution in [0.3, 0.4) is 0 Å². The number of carbonyl (C=O) groups excluding carboxylic acids is 1. The summed E-state index contributed by atoms with van der Waals surface area (Å²) in [5.74, 6) is 1.47. The molecule has 1 amide bonds. The lowest BCUT2D eigenvalue weighted by Crippen LogP contribution is -2.39. The van der Waals surface area contributed by atoms with Crippen molar-refractivity contribution < 1.29 is 4.79 Å². The van der Waals surface area contributed by atoms with Crippen molar-refractivity contribution in [3.63, 3.8) is 0 Å². The predicted octanol–water partition coefficient (Wildman–Crippen LogP) is 3.98. The zero-order valence-electron chi connectivity index (χ0n) is 18.4. The van der Waals surface area contributed by atoms with Gasteiger partial charge in [0.25, 0.3) is 0 Å². The number of aryl methyl sites for hydroxylation is 1. The lowest BCUT2D eigenvalue weighted by Gasteiger charge is -2.18. The maximum absolute atomic E-state index is 12.0. The fourth-order valence-corrected chi connectivity index (χ4v) is 3.71. The highest BCUT2D eigenvalue weighted by atomic mass is 16.2. The molecule has 1 heterocycles. The summed E-state index contributed by atoms with van der Waals surface area (Å²) in [6.07, 6.45) is 1.64. The Labute approximate surface area is 180 Å². The third-order valence-electron chi connectivity index (χ3n) is 5.62. The Morgan fingerprint density at radius 2 is 1.83 bits per heavy atom. The smallest absolute Gasteiger partial charge is 0.222 e. The first-order chi connectivity index (χ1) is 14.6. The Morgan fingerprint density at radius 1 is 1.10 bits per heavy atom. The van der Waals surface area contributed by atoms with E-state index in [9.17, 15) is 4.79 Å². The topological polar surface area (TPSA) is 56.7 Å². The van der Waals surface area contributed by atoms with Gasteiger partial charge >= 0.3 is 0 Å². The number of hydrogen-bond acceptors (Lipinski definition) is 2.